The van der Waals surface area contributed by atoms with Crippen molar-refractivity contribution in [2.75, 3.05) is 62.5 Å². The summed E-state index contributed by atoms with van der Waals surface area (Å²) in [6, 6.07) is 12.5. The molecule has 19 rings (SSSR count). The van der Waals surface area contributed by atoms with Crippen LogP contribution in [0.25, 0.3) is 0 Å². The summed E-state index contributed by atoms with van der Waals surface area (Å²) in [5.41, 5.74) is 6.62. The lowest BCUT2D eigenvalue weighted by molar-refractivity contribution is -0.134. The van der Waals surface area contributed by atoms with E-state index in [2.05, 4.69) is 63.1 Å². The van der Waals surface area contributed by atoms with Crippen molar-refractivity contribution in [3.63, 3.8) is 0 Å². The summed E-state index contributed by atoms with van der Waals surface area (Å²) in [7, 11) is 0. The summed E-state index contributed by atoms with van der Waals surface area (Å²) < 4.78 is 162. The smallest absolute Gasteiger partial charge is 0.417 e. The van der Waals surface area contributed by atoms with Gasteiger partial charge in [0.25, 0.3) is 0 Å². The molecule has 9 aromatic rings. The van der Waals surface area contributed by atoms with Gasteiger partial charge in [-0.05, 0) is 175 Å². The number of amides is 10. The molecule has 44 heteroatoms. The van der Waals surface area contributed by atoms with E-state index in [1.54, 1.807) is 64.7 Å². The van der Waals surface area contributed by atoms with Crippen molar-refractivity contribution in [3.8, 4) is 5.75 Å². The van der Waals surface area contributed by atoms with Crippen LogP contribution < -0.4 is 39.9 Å². The van der Waals surface area contributed by atoms with Crippen molar-refractivity contribution in [2.45, 2.75) is 259 Å². The van der Waals surface area contributed by atoms with Gasteiger partial charge in [0, 0.05) is 150 Å². The van der Waals surface area contributed by atoms with Crippen LogP contribution in [0.3, 0.4) is 0 Å². The number of halogens is 9. The molecule has 10 aliphatic rings. The summed E-state index contributed by atoms with van der Waals surface area (Å²) in [5.74, 6) is -11.8. The van der Waals surface area contributed by atoms with E-state index < -0.39 is 81.5 Å². The number of anilines is 6. The number of allylic oxidation sites excluding steroid dienone is 3. The van der Waals surface area contributed by atoms with Crippen molar-refractivity contribution < 1.29 is 129 Å². The minimum absolute atomic E-state index is 0.0235. The van der Waals surface area contributed by atoms with Crippen molar-refractivity contribution >= 4 is 101 Å². The van der Waals surface area contributed by atoms with E-state index >= 15 is 0 Å². The highest BCUT2D eigenvalue weighted by Crippen LogP contribution is 2.43. The third kappa shape index (κ3) is 25.6. The van der Waals surface area contributed by atoms with Crippen LogP contribution in [0, 0.1) is 76.0 Å². The first-order valence-electron chi connectivity index (χ1n) is 49.3. The maximum atomic E-state index is 13.5. The highest BCUT2D eigenvalue weighted by atomic mass is 19.2. The molecule has 5 saturated heterocycles. The Kier molecular flexibility index (Phi) is 34.8. The lowest BCUT2D eigenvalue weighted by Crippen LogP contribution is -2.45. The van der Waals surface area contributed by atoms with Crippen LogP contribution in [0.1, 0.15) is 208 Å². The molecule has 0 radical (unpaired) electrons. The van der Waals surface area contributed by atoms with E-state index in [4.69, 9.17) is 36.8 Å². The molecule has 4 unspecified atom stereocenters. The van der Waals surface area contributed by atoms with Gasteiger partial charge >= 0.3 is 18.3 Å². The van der Waals surface area contributed by atoms with Crippen molar-refractivity contribution in [3.05, 3.63) is 224 Å². The minimum Gasteiger partial charge on any atom is -0.444 e. The van der Waals surface area contributed by atoms with Crippen molar-refractivity contribution in [2.24, 2.45) is 23.7 Å². The van der Waals surface area contributed by atoms with Crippen molar-refractivity contribution in [1.82, 2.24) is 50.7 Å². The zero-order chi connectivity index (χ0) is 108. The van der Waals surface area contributed by atoms with Gasteiger partial charge in [-0.25, -0.2) is 53.9 Å². The number of nitrogens with one attached hydrogen (secondary N) is 2. The van der Waals surface area contributed by atoms with E-state index in [1.165, 1.54) is 21.9 Å². The Labute approximate surface area is 852 Å². The van der Waals surface area contributed by atoms with Gasteiger partial charge in [-0.2, -0.15) is 0 Å². The molecule has 796 valence electrons. The number of para-hydroxylation sites is 1. The fourth-order valence-electron chi connectivity index (χ4n) is 19.2. The van der Waals surface area contributed by atoms with Gasteiger partial charge < -0.3 is 66.5 Å². The maximum absolute atomic E-state index is 13.5. The first-order valence-corrected chi connectivity index (χ1v) is 49.3. The van der Waals surface area contributed by atoms with Crippen LogP contribution in [0.4, 0.5) is 89.0 Å². The lowest BCUT2D eigenvalue weighted by atomic mass is 9.99. The molecule has 15 heterocycles. The molecule has 0 aliphatic carbocycles. The van der Waals surface area contributed by atoms with Crippen LogP contribution >= 0.6 is 0 Å². The third-order valence-electron chi connectivity index (χ3n) is 26.9. The molecule has 149 heavy (non-hydrogen) atoms. The maximum Gasteiger partial charge on any atom is 0.417 e. The lowest BCUT2D eigenvalue weighted by Gasteiger charge is -2.34. The second-order valence-electron chi connectivity index (χ2n) is 40.2. The van der Waals surface area contributed by atoms with E-state index in [1.807, 2.05) is 75.3 Å². The first-order chi connectivity index (χ1) is 70.8. The van der Waals surface area contributed by atoms with E-state index in [9.17, 15) is 92.3 Å². The standard InChI is InChI=1S/C22H22F3N3O3.C21H20F3N3O4.C19H27N3O4.C16H23N3O4.C14H19N3O2.C13H8F3NO2/c1-3-4-14-5-6-27(21(14)30)22-15-11-28(12(2)7-18(15)26-31-22)19(29)10-13-8-16(23)20(25)17(24)9-13;1-11-6-17-14(21(31-25-17)26-4-2-13(3-5-28)20(26)30)10-27(11)18(29)9-12-7-15(22)19(24)16(23)8-12;1-6-7-13-8-9-21(16(13)23)17-14-11-22(18(24)25-19(3,4)5)12(2)10-15(14)20-26-17;1-10-8-12-11(9-19(10)15(21)22-16(2,3)4)14(23-17-12)18-7-5-6-13(18)20;1-3-4-10-5-6-17(13(10)18)14-11-8-15-9(2)7-12(11)16-19-14;14-10-6-8(7-11(15)12(10)16)17-13(18)19-9-4-2-1-3-5-9/h3,8-9,12,14H,1,4-7,10-11H2,2H3;5,7-8,11,13H,2-4,6,9-10H2,1H3;6,12-13H,1,7-11H2,2-5H3;10H,5-9H2,1-4H3;3,9-10,15H,1,4-8H2,2H3;1-7H,(H,17,18)/t12-,14?;11-,13?;12-,13?;10-;9-,10?;/m00000./s1. The topological polar surface area (TPSA) is 399 Å². The van der Waals surface area contributed by atoms with Gasteiger partial charge in [0.05, 0.1) is 101 Å². The summed E-state index contributed by atoms with van der Waals surface area (Å²) in [5, 5.41) is 26.0. The fourth-order valence-corrected chi connectivity index (χ4v) is 19.2. The minimum atomic E-state index is -1.60. The first kappa shape index (κ1) is 110. The molecule has 10 aliphatic heterocycles. The zero-order valence-corrected chi connectivity index (χ0v) is 84.5. The number of rotatable bonds is 19. The molecule has 4 aromatic carbocycles. The molecule has 10 amide bonds. The number of carbonyl (C=O) groups excluding carboxylic acids is 11. The average molecular weight is 2080 g/mol. The monoisotopic (exact) mass is 2080 g/mol. The number of ether oxygens (including phenoxy) is 3. The molecular formula is C105H119F9N16O19. The quantitative estimate of drug-likeness (QED) is 0.0328. The number of hydrogen-bond acceptors (Lipinski definition) is 25. The van der Waals surface area contributed by atoms with Gasteiger partial charge in [0.2, 0.25) is 70.8 Å². The van der Waals surface area contributed by atoms with E-state index in [-0.39, 0.29) is 150 Å². The highest BCUT2D eigenvalue weighted by molar-refractivity contribution is 6.00. The number of aldehydes is 1. The van der Waals surface area contributed by atoms with Gasteiger partial charge in [-0.15, -0.1) is 19.7 Å². The predicted octanol–water partition coefficient (Wildman–Crippen LogP) is 17.2. The largest absolute Gasteiger partial charge is 0.444 e. The van der Waals surface area contributed by atoms with Gasteiger partial charge in [-0.1, -0.05) is 62.2 Å². The molecular weight excluding hydrogens is 1960 g/mol. The SMILES string of the molecule is C=CCC1CCN(c2onc3c2CN(C(=O)Cc2cc(F)c(F)c(F)c2)[C@@H](C)C3)C1=O.C=CCC1CCN(c2onc3c2CN(C(=O)OC(C)(C)C)[C@@H](C)C3)C1=O.C=CCC1CCN(c2onc3c2CN[C@@H](C)C3)C1=O.C[C@H]1Cc2noc(N3CCC(CC=O)C3=O)c2CN1C(=O)Cc1cc(F)c(F)c(F)c1.C[C@H]1Cc2noc(N3CCCC3=O)c2CN1C(=O)OC(C)(C)C.O=C(Nc1cc(F)c(F)c(F)c1)Oc1ccccc1. The van der Waals surface area contributed by atoms with Crippen LogP contribution in [0.5, 0.6) is 5.75 Å². The molecule has 0 bridgehead atoms. The number of carbonyl (C=O) groups is 11. The second-order valence-corrected chi connectivity index (χ2v) is 40.2. The van der Waals surface area contributed by atoms with Crippen LogP contribution in [-0.2, 0) is 125 Å². The summed E-state index contributed by atoms with van der Waals surface area (Å²) >= 11 is 0. The van der Waals surface area contributed by atoms with Gasteiger partial charge in [-0.3, -0.25) is 63.4 Å². The Balaban J connectivity index is 0.000000142. The van der Waals surface area contributed by atoms with E-state index in [0.717, 1.165) is 96.7 Å². The fraction of sp³-hybridized carbons (Fsp3) is 0.467. The van der Waals surface area contributed by atoms with Crippen LogP contribution in [0.2, 0.25) is 0 Å². The van der Waals surface area contributed by atoms with Gasteiger partial charge in [0.1, 0.15) is 23.2 Å². The molecule has 0 spiro atoms. The Morgan fingerprint density at radius 1 is 0.430 bits per heavy atom. The summed E-state index contributed by atoms with van der Waals surface area (Å²) in [4.78, 5) is 150. The van der Waals surface area contributed by atoms with Crippen LogP contribution in [0.15, 0.2) is 127 Å². The second kappa shape index (κ2) is 47.2. The molecule has 35 nitrogen and oxygen atoms in total. The molecule has 5 aromatic heterocycles. The summed E-state index contributed by atoms with van der Waals surface area (Å²) in [6.45, 7) is 36.4. The number of hydrogen-bond donors (Lipinski definition) is 2. The Morgan fingerprint density at radius 3 is 1.07 bits per heavy atom. The number of fused-ring (bicyclic) bond motifs is 5. The Hall–Kier alpha value is -14.8. The molecule has 0 saturated carbocycles. The van der Waals surface area contributed by atoms with E-state index in [0.29, 0.717) is 174 Å². The number of aromatic nitrogens is 5. The molecule has 2 N–H and O–H groups in total. The number of nitrogens with zero attached hydrogens (tertiary/aromatic N) is 14. The molecule has 5 fully saturated rings. The third-order valence-corrected chi connectivity index (χ3v) is 26.9. The van der Waals surface area contributed by atoms with Crippen molar-refractivity contribution in [1.29, 1.82) is 0 Å². The summed E-state index contributed by atoms with van der Waals surface area (Å²) in [6.07, 6.45) is 12.9. The Morgan fingerprint density at radius 2 is 0.745 bits per heavy atom. The van der Waals surface area contributed by atoms with Gasteiger partial charge in [0.15, 0.2) is 52.4 Å². The predicted molar refractivity (Wildman–Crippen MR) is 521 cm³/mol. The molecule has 9 atom stereocenters. The highest BCUT2D eigenvalue weighted by Gasteiger charge is 2.47. The normalized spacial score (nSPS) is 20.7. The average Bonchev–Trinajstić information content (AvgIpc) is 1.63. The Bertz CT molecular complexity index is 6290. The van der Waals surface area contributed by atoms with Crippen LogP contribution in [-0.4, -0.2) is 185 Å². The number of benzene rings is 4. The zero-order valence-electron chi connectivity index (χ0n) is 84.5.